The summed E-state index contributed by atoms with van der Waals surface area (Å²) in [4.78, 5) is 11.7. The Morgan fingerprint density at radius 2 is 2.31 bits per heavy atom. The maximum absolute atomic E-state index is 11.7. The van der Waals surface area contributed by atoms with Crippen LogP contribution in [0.3, 0.4) is 0 Å². The van der Waals surface area contributed by atoms with Gasteiger partial charge in [0.15, 0.2) is 0 Å². The molecule has 1 rings (SSSR count). The van der Waals surface area contributed by atoms with Crippen LogP contribution in [0.15, 0.2) is 22.7 Å². The van der Waals surface area contributed by atoms with Gasteiger partial charge in [0.25, 0.3) is 5.91 Å². The van der Waals surface area contributed by atoms with Crippen molar-refractivity contribution in [3.05, 3.63) is 28.2 Å². The topological polar surface area (TPSA) is 64.3 Å². The van der Waals surface area contributed by atoms with Gasteiger partial charge in [-0.2, -0.15) is 0 Å². The minimum Gasteiger partial charge on any atom is -0.398 e. The molecule has 0 saturated carbocycles. The highest BCUT2D eigenvalue weighted by molar-refractivity contribution is 9.10. The number of nitrogen functional groups attached to an aromatic ring is 1. The highest BCUT2D eigenvalue weighted by atomic mass is 79.9. The van der Waals surface area contributed by atoms with Crippen molar-refractivity contribution in [2.75, 3.05) is 26.0 Å². The zero-order valence-corrected chi connectivity index (χ0v) is 10.7. The summed E-state index contributed by atoms with van der Waals surface area (Å²) in [5.74, 6) is -0.100. The van der Waals surface area contributed by atoms with Gasteiger partial charge in [0.2, 0.25) is 0 Å². The number of hydrogen-bond donors (Lipinski definition) is 2. The van der Waals surface area contributed by atoms with E-state index in [1.807, 2.05) is 0 Å². The molecule has 0 saturated heterocycles. The van der Waals surface area contributed by atoms with Gasteiger partial charge in [-0.1, -0.05) is 0 Å². The summed E-state index contributed by atoms with van der Waals surface area (Å²) in [6.07, 6.45) is 0.804. The molecule has 0 aromatic heterocycles. The van der Waals surface area contributed by atoms with Crippen LogP contribution in [0.2, 0.25) is 0 Å². The lowest BCUT2D eigenvalue weighted by Gasteiger charge is -2.06. The van der Waals surface area contributed by atoms with Gasteiger partial charge in [-0.15, -0.1) is 0 Å². The molecule has 0 unspecified atom stereocenters. The Kier molecular flexibility index (Phi) is 5.28. The van der Waals surface area contributed by atoms with E-state index < -0.39 is 0 Å². The van der Waals surface area contributed by atoms with E-state index in [4.69, 9.17) is 10.5 Å². The van der Waals surface area contributed by atoms with Crippen LogP contribution in [-0.2, 0) is 4.74 Å². The predicted octanol–water partition coefficient (Wildman–Crippen LogP) is 1.80. The second kappa shape index (κ2) is 6.50. The van der Waals surface area contributed by atoms with Gasteiger partial charge < -0.3 is 15.8 Å². The first-order valence-corrected chi connectivity index (χ1v) is 5.76. The summed E-state index contributed by atoms with van der Waals surface area (Å²) >= 11 is 3.28. The molecule has 1 aromatic rings. The lowest BCUT2D eigenvalue weighted by molar-refractivity contribution is 0.0948. The van der Waals surface area contributed by atoms with Gasteiger partial charge in [0.05, 0.1) is 0 Å². The number of rotatable bonds is 5. The molecule has 1 aromatic carbocycles. The number of carbonyl (C=O) groups is 1. The Labute approximate surface area is 103 Å². The lowest BCUT2D eigenvalue weighted by Crippen LogP contribution is -2.25. The molecule has 0 fully saturated rings. The number of amides is 1. The van der Waals surface area contributed by atoms with Crippen molar-refractivity contribution in [1.29, 1.82) is 0 Å². The molecule has 0 aliphatic rings. The molecule has 16 heavy (non-hydrogen) atoms. The monoisotopic (exact) mass is 286 g/mol. The van der Waals surface area contributed by atoms with Crippen molar-refractivity contribution < 1.29 is 9.53 Å². The van der Waals surface area contributed by atoms with Gasteiger partial charge in [-0.3, -0.25) is 4.79 Å². The maximum atomic E-state index is 11.7. The average Bonchev–Trinajstić information content (AvgIpc) is 2.28. The number of nitrogens with one attached hydrogen (secondary N) is 1. The summed E-state index contributed by atoms with van der Waals surface area (Å²) in [5.41, 5.74) is 6.85. The first kappa shape index (κ1) is 13.0. The molecular weight excluding hydrogens is 272 g/mol. The van der Waals surface area contributed by atoms with Crippen molar-refractivity contribution in [3.63, 3.8) is 0 Å². The fourth-order valence-electron chi connectivity index (χ4n) is 1.19. The molecular formula is C11H15BrN2O2. The van der Waals surface area contributed by atoms with E-state index in [1.54, 1.807) is 25.3 Å². The third-order valence-electron chi connectivity index (χ3n) is 2.07. The maximum Gasteiger partial charge on any atom is 0.251 e. The minimum absolute atomic E-state index is 0.100. The summed E-state index contributed by atoms with van der Waals surface area (Å²) in [7, 11) is 1.64. The molecule has 0 aliphatic heterocycles. The van der Waals surface area contributed by atoms with Gasteiger partial charge in [0.1, 0.15) is 0 Å². The number of methoxy groups -OCH3 is 1. The smallest absolute Gasteiger partial charge is 0.251 e. The van der Waals surface area contributed by atoms with Gasteiger partial charge in [-0.05, 0) is 40.5 Å². The molecule has 3 N–H and O–H groups in total. The molecule has 88 valence electrons. The van der Waals surface area contributed by atoms with Gasteiger partial charge >= 0.3 is 0 Å². The van der Waals surface area contributed by atoms with E-state index in [1.165, 1.54) is 0 Å². The molecule has 0 atom stereocenters. The van der Waals surface area contributed by atoms with Crippen molar-refractivity contribution >= 4 is 27.5 Å². The Morgan fingerprint density at radius 1 is 1.56 bits per heavy atom. The number of benzene rings is 1. The van der Waals surface area contributed by atoms with E-state index >= 15 is 0 Å². The third-order valence-corrected chi connectivity index (χ3v) is 2.76. The number of ether oxygens (including phenoxy) is 1. The zero-order valence-electron chi connectivity index (χ0n) is 9.13. The summed E-state index contributed by atoms with van der Waals surface area (Å²) < 4.78 is 5.62. The van der Waals surface area contributed by atoms with Crippen LogP contribution < -0.4 is 11.1 Å². The number of nitrogens with two attached hydrogens (primary N) is 1. The molecule has 0 bridgehead atoms. The summed E-state index contributed by atoms with van der Waals surface area (Å²) in [6.45, 7) is 1.25. The highest BCUT2D eigenvalue weighted by Crippen LogP contribution is 2.20. The number of carbonyl (C=O) groups excluding carboxylic acids is 1. The van der Waals surface area contributed by atoms with Crippen LogP contribution in [-0.4, -0.2) is 26.2 Å². The molecule has 0 radical (unpaired) electrons. The molecule has 1 amide bonds. The standard InChI is InChI=1S/C11H15BrN2O2/c1-16-6-2-5-14-11(15)8-3-4-10(13)9(12)7-8/h3-4,7H,2,5-6,13H2,1H3,(H,14,15). The van der Waals surface area contributed by atoms with E-state index in [-0.39, 0.29) is 5.91 Å². The SMILES string of the molecule is COCCCNC(=O)c1ccc(N)c(Br)c1. The molecule has 0 spiro atoms. The van der Waals surface area contributed by atoms with Crippen LogP contribution >= 0.6 is 15.9 Å². The van der Waals surface area contributed by atoms with Gasteiger partial charge in [0, 0.05) is 36.0 Å². The molecule has 0 heterocycles. The van der Waals surface area contributed by atoms with E-state index in [9.17, 15) is 4.79 Å². The van der Waals surface area contributed by atoms with E-state index in [2.05, 4.69) is 21.2 Å². The first-order valence-electron chi connectivity index (χ1n) is 4.97. The second-order valence-electron chi connectivity index (χ2n) is 3.34. The number of halogens is 1. The van der Waals surface area contributed by atoms with Crippen molar-refractivity contribution in [1.82, 2.24) is 5.32 Å². The highest BCUT2D eigenvalue weighted by Gasteiger charge is 2.06. The van der Waals surface area contributed by atoms with E-state index in [0.29, 0.717) is 24.4 Å². The number of hydrogen-bond acceptors (Lipinski definition) is 3. The summed E-state index contributed by atoms with van der Waals surface area (Å²) in [5, 5.41) is 2.80. The lowest BCUT2D eigenvalue weighted by atomic mass is 10.2. The fourth-order valence-corrected chi connectivity index (χ4v) is 1.57. The van der Waals surface area contributed by atoms with Crippen molar-refractivity contribution in [2.45, 2.75) is 6.42 Å². The first-order chi connectivity index (χ1) is 7.65. The van der Waals surface area contributed by atoms with Crippen LogP contribution in [0.5, 0.6) is 0 Å². The van der Waals surface area contributed by atoms with Crippen LogP contribution in [0.25, 0.3) is 0 Å². The molecule has 4 nitrogen and oxygen atoms in total. The largest absolute Gasteiger partial charge is 0.398 e. The minimum atomic E-state index is -0.100. The molecule has 0 aliphatic carbocycles. The quantitative estimate of drug-likeness (QED) is 0.641. The normalized spacial score (nSPS) is 10.1. The zero-order chi connectivity index (χ0) is 12.0. The van der Waals surface area contributed by atoms with E-state index in [0.717, 1.165) is 10.9 Å². The summed E-state index contributed by atoms with van der Waals surface area (Å²) in [6, 6.07) is 5.11. The average molecular weight is 287 g/mol. The van der Waals surface area contributed by atoms with Crippen LogP contribution in [0.4, 0.5) is 5.69 Å². The third kappa shape index (κ3) is 3.83. The Bertz CT molecular complexity index is 369. The van der Waals surface area contributed by atoms with Crippen LogP contribution in [0.1, 0.15) is 16.8 Å². The van der Waals surface area contributed by atoms with Crippen molar-refractivity contribution in [2.24, 2.45) is 0 Å². The Balaban J connectivity index is 2.50. The van der Waals surface area contributed by atoms with Crippen LogP contribution in [0, 0.1) is 0 Å². The Morgan fingerprint density at radius 3 is 2.94 bits per heavy atom. The molecule has 5 heteroatoms. The van der Waals surface area contributed by atoms with Gasteiger partial charge in [-0.25, -0.2) is 0 Å². The number of anilines is 1. The van der Waals surface area contributed by atoms with Crippen molar-refractivity contribution in [3.8, 4) is 0 Å². The fraction of sp³-hybridized carbons (Fsp3) is 0.364. The Hall–Kier alpha value is -1.07. The predicted molar refractivity (Wildman–Crippen MR) is 67.4 cm³/mol. The second-order valence-corrected chi connectivity index (χ2v) is 4.19.